The Kier molecular flexibility index (Phi) is 4.30. The minimum atomic E-state index is -0.888. The third-order valence-corrected chi connectivity index (χ3v) is 4.46. The number of nitrogens with zero attached hydrogens (tertiary/aromatic N) is 1. The number of aryl methyl sites for hydroxylation is 1. The number of anilines is 2. The highest BCUT2D eigenvalue weighted by Gasteiger charge is 2.48. The lowest BCUT2D eigenvalue weighted by molar-refractivity contribution is -0.135. The molecule has 3 rings (SSSR count). The number of methoxy groups -OCH3 is 2. The summed E-state index contributed by atoms with van der Waals surface area (Å²) in [6.45, 7) is 3.89. The third-order valence-electron chi connectivity index (χ3n) is 4.46. The second-order valence-corrected chi connectivity index (χ2v) is 6.05. The topological polar surface area (TPSA) is 50.8 Å². The van der Waals surface area contributed by atoms with Crippen molar-refractivity contribution >= 4 is 17.3 Å². The van der Waals surface area contributed by atoms with Crippen molar-refractivity contribution in [3.63, 3.8) is 0 Å². The van der Waals surface area contributed by atoms with Crippen molar-refractivity contribution in [3.05, 3.63) is 59.7 Å². The van der Waals surface area contributed by atoms with E-state index in [1.165, 1.54) is 0 Å². The van der Waals surface area contributed by atoms with Crippen molar-refractivity contribution in [3.8, 4) is 0 Å². The van der Waals surface area contributed by atoms with Crippen molar-refractivity contribution in [1.82, 2.24) is 0 Å². The zero-order valence-electron chi connectivity index (χ0n) is 14.4. The quantitative estimate of drug-likeness (QED) is 0.875. The van der Waals surface area contributed by atoms with Crippen LogP contribution in [0.25, 0.3) is 0 Å². The molecule has 0 unspecified atom stereocenters. The largest absolute Gasteiger partial charge is 0.358 e. The minimum absolute atomic E-state index is 0.0831. The van der Waals surface area contributed by atoms with Gasteiger partial charge in [0.2, 0.25) is 0 Å². The van der Waals surface area contributed by atoms with Crippen LogP contribution < -0.4 is 10.2 Å². The predicted octanol–water partition coefficient (Wildman–Crippen LogP) is 3.40. The van der Waals surface area contributed by atoms with Gasteiger partial charge in [0.1, 0.15) is 0 Å². The molecule has 0 radical (unpaired) electrons. The molecule has 5 nitrogen and oxygen atoms in total. The van der Waals surface area contributed by atoms with Crippen molar-refractivity contribution in [1.29, 1.82) is 0 Å². The Morgan fingerprint density at radius 1 is 1.04 bits per heavy atom. The smallest absolute Gasteiger partial charge is 0.262 e. The summed E-state index contributed by atoms with van der Waals surface area (Å²) in [4.78, 5) is 15.0. The fourth-order valence-electron chi connectivity index (χ4n) is 3.33. The summed E-state index contributed by atoms with van der Waals surface area (Å²) >= 11 is 0. The van der Waals surface area contributed by atoms with E-state index in [0.29, 0.717) is 5.56 Å². The highest BCUT2D eigenvalue weighted by Crippen LogP contribution is 2.38. The van der Waals surface area contributed by atoms with Gasteiger partial charge in [0.25, 0.3) is 5.91 Å². The molecule has 0 spiro atoms. The van der Waals surface area contributed by atoms with Crippen LogP contribution in [-0.2, 0) is 9.47 Å². The number of amides is 1. The minimum Gasteiger partial charge on any atom is -0.358 e. The molecule has 1 N–H and O–H groups in total. The van der Waals surface area contributed by atoms with Crippen molar-refractivity contribution in [2.75, 3.05) is 24.4 Å². The van der Waals surface area contributed by atoms with Crippen LogP contribution in [0.1, 0.15) is 22.8 Å². The normalized spacial score (nSPS) is 20.0. The number of rotatable bonds is 4. The van der Waals surface area contributed by atoms with Crippen LogP contribution in [0, 0.1) is 6.92 Å². The first kappa shape index (κ1) is 16.5. The zero-order valence-corrected chi connectivity index (χ0v) is 14.4. The lowest BCUT2D eigenvalue weighted by Gasteiger charge is -2.49. The average molecular weight is 326 g/mol. The molecule has 1 aliphatic rings. The number of hydrogen-bond acceptors (Lipinski definition) is 4. The van der Waals surface area contributed by atoms with Crippen LogP contribution in [0.4, 0.5) is 11.4 Å². The first-order valence-electron chi connectivity index (χ1n) is 7.86. The van der Waals surface area contributed by atoms with E-state index in [2.05, 4.69) is 5.32 Å². The maximum atomic E-state index is 13.3. The Bertz CT molecular complexity index is 758. The number of para-hydroxylation sites is 2. The van der Waals surface area contributed by atoms with E-state index < -0.39 is 12.0 Å². The Morgan fingerprint density at radius 2 is 1.67 bits per heavy atom. The number of carbonyl (C=O) groups is 1. The molecule has 0 fully saturated rings. The molecule has 24 heavy (non-hydrogen) atoms. The van der Waals surface area contributed by atoms with Gasteiger partial charge in [-0.3, -0.25) is 9.69 Å². The Morgan fingerprint density at radius 3 is 2.33 bits per heavy atom. The fourth-order valence-corrected chi connectivity index (χ4v) is 3.33. The third kappa shape index (κ3) is 2.46. The van der Waals surface area contributed by atoms with Gasteiger partial charge in [-0.05, 0) is 37.6 Å². The maximum absolute atomic E-state index is 13.3. The highest BCUT2D eigenvalue weighted by atomic mass is 16.7. The summed E-state index contributed by atoms with van der Waals surface area (Å²) in [7, 11) is 3.14. The molecular weight excluding hydrogens is 304 g/mol. The number of carbonyl (C=O) groups excluding carboxylic acids is 1. The molecule has 0 bridgehead atoms. The molecule has 0 saturated heterocycles. The van der Waals surface area contributed by atoms with Gasteiger partial charge in [0.15, 0.2) is 12.0 Å². The summed E-state index contributed by atoms with van der Waals surface area (Å²) < 4.78 is 11.0. The van der Waals surface area contributed by atoms with Crippen LogP contribution in [-0.4, -0.2) is 32.1 Å². The van der Waals surface area contributed by atoms with Gasteiger partial charge in [-0.25, -0.2) is 0 Å². The van der Waals surface area contributed by atoms with Gasteiger partial charge in [0.05, 0.1) is 5.56 Å². The summed E-state index contributed by atoms with van der Waals surface area (Å²) in [5.74, 6) is -0.0831. The molecule has 1 heterocycles. The standard InChI is InChI=1S/C19H22N2O3/c1-13-9-5-8-12-16(13)21-17(22)14-10-6-7-11-15(14)20-19(21,2)18(23-3)24-4/h5-12,18,20H,1-4H3/t19-/m1/s1. The second-order valence-electron chi connectivity index (χ2n) is 6.05. The lowest BCUT2D eigenvalue weighted by Crippen LogP contribution is -2.66. The number of nitrogens with one attached hydrogen (secondary N) is 1. The number of hydrogen-bond donors (Lipinski definition) is 1. The van der Waals surface area contributed by atoms with Gasteiger partial charge in [-0.2, -0.15) is 0 Å². The first-order chi connectivity index (χ1) is 11.5. The zero-order chi connectivity index (χ0) is 17.3. The van der Waals surface area contributed by atoms with E-state index in [0.717, 1.165) is 16.9 Å². The summed E-state index contributed by atoms with van der Waals surface area (Å²) in [6.07, 6.45) is -0.644. The Labute approximate surface area is 142 Å². The van der Waals surface area contributed by atoms with Crippen LogP contribution in [0.5, 0.6) is 0 Å². The molecule has 126 valence electrons. The SMILES string of the molecule is COC(OC)[C@]1(C)Nc2ccccc2C(=O)N1c1ccccc1C. The molecular formula is C19H22N2O3. The van der Waals surface area contributed by atoms with E-state index in [1.807, 2.05) is 62.4 Å². The van der Waals surface area contributed by atoms with Gasteiger partial charge < -0.3 is 14.8 Å². The van der Waals surface area contributed by atoms with E-state index >= 15 is 0 Å². The Hall–Kier alpha value is -2.37. The van der Waals surface area contributed by atoms with Gasteiger partial charge >= 0.3 is 0 Å². The summed E-state index contributed by atoms with van der Waals surface area (Å²) in [5, 5.41) is 3.44. The highest BCUT2D eigenvalue weighted by molar-refractivity contribution is 6.13. The average Bonchev–Trinajstić information content (AvgIpc) is 2.57. The van der Waals surface area contributed by atoms with E-state index in [4.69, 9.17) is 9.47 Å². The van der Waals surface area contributed by atoms with E-state index in [9.17, 15) is 4.79 Å². The molecule has 1 aliphatic heterocycles. The monoisotopic (exact) mass is 326 g/mol. The molecule has 0 aliphatic carbocycles. The number of ether oxygens (including phenoxy) is 2. The van der Waals surface area contributed by atoms with Crippen LogP contribution >= 0.6 is 0 Å². The van der Waals surface area contributed by atoms with Crippen LogP contribution in [0.2, 0.25) is 0 Å². The van der Waals surface area contributed by atoms with Crippen molar-refractivity contribution < 1.29 is 14.3 Å². The summed E-state index contributed by atoms with van der Waals surface area (Å²) in [5.41, 5.74) is 2.34. The fraction of sp³-hybridized carbons (Fsp3) is 0.316. The van der Waals surface area contributed by atoms with E-state index in [1.54, 1.807) is 19.1 Å². The van der Waals surface area contributed by atoms with Crippen LogP contribution in [0.3, 0.4) is 0 Å². The molecule has 1 atom stereocenters. The lowest BCUT2D eigenvalue weighted by atomic mass is 9.97. The van der Waals surface area contributed by atoms with Crippen molar-refractivity contribution in [2.24, 2.45) is 0 Å². The molecule has 0 aromatic heterocycles. The maximum Gasteiger partial charge on any atom is 0.262 e. The second kappa shape index (κ2) is 6.26. The molecule has 2 aromatic rings. The molecule has 1 amide bonds. The summed E-state index contributed by atoms with van der Waals surface area (Å²) in [6, 6.07) is 15.3. The van der Waals surface area contributed by atoms with E-state index in [-0.39, 0.29) is 5.91 Å². The van der Waals surface area contributed by atoms with Gasteiger partial charge in [0, 0.05) is 25.6 Å². The molecule has 5 heteroatoms. The van der Waals surface area contributed by atoms with Crippen molar-refractivity contribution in [2.45, 2.75) is 25.8 Å². The predicted molar refractivity (Wildman–Crippen MR) is 94.3 cm³/mol. The van der Waals surface area contributed by atoms with Gasteiger partial charge in [-0.15, -0.1) is 0 Å². The van der Waals surface area contributed by atoms with Crippen LogP contribution in [0.15, 0.2) is 48.5 Å². The number of benzene rings is 2. The van der Waals surface area contributed by atoms with Gasteiger partial charge in [-0.1, -0.05) is 30.3 Å². The molecule has 0 saturated carbocycles. The molecule has 2 aromatic carbocycles. The Balaban J connectivity index is 2.22. The number of fused-ring (bicyclic) bond motifs is 1. The first-order valence-corrected chi connectivity index (χ1v) is 7.86.